The molecule has 0 aliphatic heterocycles. The monoisotopic (exact) mass is 348 g/mol. The first-order valence-electron chi connectivity index (χ1n) is 6.90. The second-order valence-electron chi connectivity index (χ2n) is 4.15. The van der Waals surface area contributed by atoms with Crippen LogP contribution in [-0.2, 0) is 48.7 Å². The van der Waals surface area contributed by atoms with Gasteiger partial charge in [0.05, 0.1) is 42.7 Å². The Morgan fingerprint density at radius 3 is 0.875 bits per heavy atom. The molecular formula is C12H24N6O6. The number of rotatable bonds is 12. The van der Waals surface area contributed by atoms with Gasteiger partial charge in [-0.05, 0) is 0 Å². The Kier molecular flexibility index (Phi) is 9.70. The summed E-state index contributed by atoms with van der Waals surface area (Å²) in [6, 6.07) is 0. The van der Waals surface area contributed by atoms with Crippen molar-refractivity contribution < 1.29 is 29.0 Å². The molecule has 24 heavy (non-hydrogen) atoms. The number of hydroxylamine groups is 6. The summed E-state index contributed by atoms with van der Waals surface area (Å²) < 4.78 is 0. The highest BCUT2D eigenvalue weighted by molar-refractivity contribution is 4.97. The molecule has 0 bridgehead atoms. The van der Waals surface area contributed by atoms with Gasteiger partial charge in [0, 0.05) is 0 Å². The fourth-order valence-corrected chi connectivity index (χ4v) is 1.69. The minimum absolute atomic E-state index is 0.190. The zero-order valence-corrected chi connectivity index (χ0v) is 14.8. The minimum Gasteiger partial charge on any atom is -0.277 e. The van der Waals surface area contributed by atoms with Crippen LogP contribution in [0.15, 0.2) is 0 Å². The van der Waals surface area contributed by atoms with Crippen LogP contribution in [0.3, 0.4) is 0 Å². The molecule has 1 heterocycles. The molecule has 1 aromatic heterocycles. The molecule has 0 aliphatic rings. The fraction of sp³-hybridized carbons (Fsp3) is 0.750. The third-order valence-electron chi connectivity index (χ3n) is 2.81. The van der Waals surface area contributed by atoms with Crippen molar-refractivity contribution in [3.8, 4) is 0 Å². The first kappa shape index (κ1) is 20.7. The van der Waals surface area contributed by atoms with Crippen molar-refractivity contribution in [1.29, 1.82) is 0 Å². The number of aromatic nitrogens is 3. The molecule has 1 aromatic rings. The van der Waals surface area contributed by atoms with Crippen LogP contribution < -0.4 is 0 Å². The van der Waals surface area contributed by atoms with Crippen LogP contribution in [0.25, 0.3) is 0 Å². The molecule has 138 valence electrons. The second-order valence-corrected chi connectivity index (χ2v) is 4.15. The summed E-state index contributed by atoms with van der Waals surface area (Å²) in [5.74, 6) is 1.29. The van der Waals surface area contributed by atoms with E-state index >= 15 is 0 Å². The molecule has 12 nitrogen and oxygen atoms in total. The molecule has 0 aromatic carbocycles. The molecule has 0 fully saturated rings. The maximum atomic E-state index is 5.02. The van der Waals surface area contributed by atoms with Crippen LogP contribution >= 0.6 is 0 Å². The van der Waals surface area contributed by atoms with E-state index in [4.69, 9.17) is 29.0 Å². The standard InChI is InChI=1S/C12H24N6O6/c1-19-16(20-2)7-10-13-11(8-17(21-3)22-4)15-12(14-10)9-18(23-5)24-6/h7-9H2,1-6H3. The maximum absolute atomic E-state index is 5.02. The van der Waals surface area contributed by atoms with Gasteiger partial charge < -0.3 is 0 Å². The van der Waals surface area contributed by atoms with Gasteiger partial charge in [0.15, 0.2) is 17.5 Å². The van der Waals surface area contributed by atoms with E-state index in [9.17, 15) is 0 Å². The summed E-state index contributed by atoms with van der Waals surface area (Å²) in [4.78, 5) is 43.1. The third-order valence-corrected chi connectivity index (χ3v) is 2.81. The lowest BCUT2D eigenvalue weighted by Crippen LogP contribution is -2.27. The van der Waals surface area contributed by atoms with Crippen molar-refractivity contribution in [1.82, 2.24) is 30.6 Å². The number of hydrogen-bond acceptors (Lipinski definition) is 12. The van der Waals surface area contributed by atoms with Gasteiger partial charge in [0.1, 0.15) is 19.6 Å². The van der Waals surface area contributed by atoms with Gasteiger partial charge in [-0.3, -0.25) is 29.0 Å². The van der Waals surface area contributed by atoms with E-state index in [1.807, 2.05) is 0 Å². The van der Waals surface area contributed by atoms with E-state index in [2.05, 4.69) is 15.0 Å². The summed E-state index contributed by atoms with van der Waals surface area (Å²) in [5.41, 5.74) is 0. The maximum Gasteiger partial charge on any atom is 0.151 e. The van der Waals surface area contributed by atoms with Gasteiger partial charge in [0.2, 0.25) is 0 Å². The van der Waals surface area contributed by atoms with Crippen LogP contribution in [0.5, 0.6) is 0 Å². The summed E-state index contributed by atoms with van der Waals surface area (Å²) in [5, 5.41) is 3.66. The number of hydrogen-bond donors (Lipinski definition) is 0. The first-order valence-corrected chi connectivity index (χ1v) is 6.90. The normalized spacial score (nSPS) is 11.9. The van der Waals surface area contributed by atoms with Crippen LogP contribution in [0.2, 0.25) is 0 Å². The quantitative estimate of drug-likeness (QED) is 0.461. The highest BCUT2D eigenvalue weighted by Crippen LogP contribution is 2.07. The van der Waals surface area contributed by atoms with Crippen LogP contribution in [0.1, 0.15) is 17.5 Å². The van der Waals surface area contributed by atoms with Crippen molar-refractivity contribution in [2.24, 2.45) is 0 Å². The average molecular weight is 348 g/mol. The minimum atomic E-state index is 0.190. The van der Waals surface area contributed by atoms with Crippen molar-refractivity contribution in [2.75, 3.05) is 42.7 Å². The summed E-state index contributed by atoms with van der Waals surface area (Å²) in [6.07, 6.45) is 0. The molecule has 0 spiro atoms. The zero-order valence-electron chi connectivity index (χ0n) is 14.8. The second kappa shape index (κ2) is 11.2. The summed E-state index contributed by atoms with van der Waals surface area (Å²) in [6.45, 7) is 0.570. The van der Waals surface area contributed by atoms with Gasteiger partial charge in [-0.15, -0.1) is 0 Å². The van der Waals surface area contributed by atoms with Gasteiger partial charge >= 0.3 is 0 Å². The molecule has 0 unspecified atom stereocenters. The summed E-state index contributed by atoms with van der Waals surface area (Å²) >= 11 is 0. The Morgan fingerprint density at radius 2 is 0.708 bits per heavy atom. The molecule has 12 heteroatoms. The topological polar surface area (TPSA) is 104 Å². The SMILES string of the molecule is CON(Cc1nc(CN(OC)OC)nc(CN(OC)OC)n1)OC. The van der Waals surface area contributed by atoms with E-state index in [-0.39, 0.29) is 19.6 Å². The van der Waals surface area contributed by atoms with Crippen molar-refractivity contribution in [2.45, 2.75) is 19.6 Å². The highest BCUT2D eigenvalue weighted by atomic mass is 16.9. The van der Waals surface area contributed by atoms with Crippen molar-refractivity contribution in [3.63, 3.8) is 0 Å². The molecule has 0 amide bonds. The van der Waals surface area contributed by atoms with Crippen molar-refractivity contribution >= 4 is 0 Å². The predicted molar refractivity (Wildman–Crippen MR) is 78.5 cm³/mol. The Labute approximate surface area is 140 Å². The molecule has 0 saturated heterocycles. The molecular weight excluding hydrogens is 324 g/mol. The van der Waals surface area contributed by atoms with Gasteiger partial charge in [-0.1, -0.05) is 15.7 Å². The van der Waals surface area contributed by atoms with Gasteiger partial charge in [-0.2, -0.15) is 0 Å². The van der Waals surface area contributed by atoms with E-state index < -0.39 is 0 Å². The molecule has 0 N–H and O–H groups in total. The van der Waals surface area contributed by atoms with Crippen LogP contribution in [0, 0.1) is 0 Å². The van der Waals surface area contributed by atoms with Crippen LogP contribution in [-0.4, -0.2) is 73.3 Å². The molecule has 0 atom stereocenters. The average Bonchev–Trinajstić information content (AvgIpc) is 2.61. The predicted octanol–water partition coefficient (Wildman–Crippen LogP) is -0.354. The Bertz CT molecular complexity index is 390. The van der Waals surface area contributed by atoms with E-state index in [1.165, 1.54) is 58.3 Å². The molecule has 1 rings (SSSR count). The molecule has 0 saturated carbocycles. The summed E-state index contributed by atoms with van der Waals surface area (Å²) in [7, 11) is 8.84. The Hall–Kier alpha value is -1.35. The lowest BCUT2D eigenvalue weighted by atomic mass is 10.5. The van der Waals surface area contributed by atoms with E-state index in [1.54, 1.807) is 0 Å². The molecule has 0 aliphatic carbocycles. The van der Waals surface area contributed by atoms with Crippen LogP contribution in [0.4, 0.5) is 0 Å². The third kappa shape index (κ3) is 6.64. The number of nitrogens with zero attached hydrogens (tertiary/aromatic N) is 6. The Morgan fingerprint density at radius 1 is 0.500 bits per heavy atom. The smallest absolute Gasteiger partial charge is 0.151 e. The van der Waals surface area contributed by atoms with E-state index in [0.717, 1.165) is 0 Å². The van der Waals surface area contributed by atoms with Gasteiger partial charge in [-0.25, -0.2) is 15.0 Å². The lowest BCUT2D eigenvalue weighted by Gasteiger charge is -2.19. The van der Waals surface area contributed by atoms with Crippen molar-refractivity contribution in [3.05, 3.63) is 17.5 Å². The Balaban J connectivity index is 3.03. The molecule has 0 radical (unpaired) electrons. The van der Waals surface area contributed by atoms with Gasteiger partial charge in [0.25, 0.3) is 0 Å². The fourth-order valence-electron chi connectivity index (χ4n) is 1.69. The largest absolute Gasteiger partial charge is 0.277 e. The first-order chi connectivity index (χ1) is 11.6. The lowest BCUT2D eigenvalue weighted by molar-refractivity contribution is -0.353. The zero-order chi connectivity index (χ0) is 17.9. The highest BCUT2D eigenvalue weighted by Gasteiger charge is 2.15. The van der Waals surface area contributed by atoms with E-state index in [0.29, 0.717) is 17.5 Å².